The molecule has 1 saturated carbocycles. The van der Waals surface area contributed by atoms with E-state index in [1.54, 1.807) is 4.90 Å². The molecule has 0 spiro atoms. The van der Waals surface area contributed by atoms with Gasteiger partial charge in [-0.1, -0.05) is 25.7 Å². The summed E-state index contributed by atoms with van der Waals surface area (Å²) >= 11 is 0. The van der Waals surface area contributed by atoms with Gasteiger partial charge in [0.2, 0.25) is 0 Å². The van der Waals surface area contributed by atoms with Crippen LogP contribution in [0.1, 0.15) is 44.9 Å². The maximum absolute atomic E-state index is 12.4. The van der Waals surface area contributed by atoms with Gasteiger partial charge >= 0.3 is 12.0 Å². The van der Waals surface area contributed by atoms with Gasteiger partial charge in [-0.05, 0) is 25.8 Å². The molecule has 6 heteroatoms. The second-order valence-electron chi connectivity index (χ2n) is 5.82. The first-order chi connectivity index (χ1) is 9.64. The SMILES string of the molecule is O=C(NC1(C(=O)O)CCCCCC1)N1CCCNCC1. The number of aliphatic carboxylic acids is 1. The van der Waals surface area contributed by atoms with Crippen molar-refractivity contribution in [3.63, 3.8) is 0 Å². The number of rotatable bonds is 2. The Balaban J connectivity index is 2.02. The summed E-state index contributed by atoms with van der Waals surface area (Å²) in [5.74, 6) is -0.888. The van der Waals surface area contributed by atoms with Crippen LogP contribution >= 0.6 is 0 Å². The third-order valence-electron chi connectivity index (χ3n) is 4.34. The highest BCUT2D eigenvalue weighted by atomic mass is 16.4. The molecule has 1 aliphatic carbocycles. The fraction of sp³-hybridized carbons (Fsp3) is 0.857. The summed E-state index contributed by atoms with van der Waals surface area (Å²) < 4.78 is 0. The minimum Gasteiger partial charge on any atom is -0.480 e. The van der Waals surface area contributed by atoms with Crippen LogP contribution in [0.2, 0.25) is 0 Å². The normalized spacial score (nSPS) is 23.5. The van der Waals surface area contributed by atoms with Crippen LogP contribution in [0.5, 0.6) is 0 Å². The minimum atomic E-state index is -1.06. The molecular weight excluding hydrogens is 258 g/mol. The van der Waals surface area contributed by atoms with Crippen LogP contribution in [0.4, 0.5) is 4.79 Å². The van der Waals surface area contributed by atoms with E-state index in [1.165, 1.54) is 0 Å². The highest BCUT2D eigenvalue weighted by Gasteiger charge is 2.40. The number of nitrogens with one attached hydrogen (secondary N) is 2. The van der Waals surface area contributed by atoms with E-state index in [-0.39, 0.29) is 6.03 Å². The maximum atomic E-state index is 12.4. The van der Waals surface area contributed by atoms with Gasteiger partial charge in [0.25, 0.3) is 0 Å². The molecule has 2 amide bonds. The highest BCUT2D eigenvalue weighted by Crippen LogP contribution is 2.27. The van der Waals surface area contributed by atoms with Gasteiger partial charge < -0.3 is 20.6 Å². The van der Waals surface area contributed by atoms with Gasteiger partial charge in [-0.3, -0.25) is 0 Å². The number of hydrogen-bond donors (Lipinski definition) is 3. The Morgan fingerprint density at radius 2 is 1.70 bits per heavy atom. The van der Waals surface area contributed by atoms with Crippen molar-refractivity contribution < 1.29 is 14.7 Å². The number of amides is 2. The van der Waals surface area contributed by atoms with Crippen LogP contribution in [0.3, 0.4) is 0 Å². The number of nitrogens with zero attached hydrogens (tertiary/aromatic N) is 1. The molecule has 0 aromatic heterocycles. The van der Waals surface area contributed by atoms with Crippen molar-refractivity contribution in [1.82, 2.24) is 15.5 Å². The lowest BCUT2D eigenvalue weighted by Gasteiger charge is -2.32. The molecular formula is C14H25N3O3. The zero-order valence-electron chi connectivity index (χ0n) is 12.0. The number of hydrogen-bond acceptors (Lipinski definition) is 3. The third kappa shape index (κ3) is 3.62. The average Bonchev–Trinajstić information content (AvgIpc) is 2.81. The largest absolute Gasteiger partial charge is 0.480 e. The lowest BCUT2D eigenvalue weighted by molar-refractivity contribution is -0.145. The second kappa shape index (κ2) is 6.92. The van der Waals surface area contributed by atoms with E-state index in [0.29, 0.717) is 25.9 Å². The molecule has 114 valence electrons. The van der Waals surface area contributed by atoms with Gasteiger partial charge in [0.15, 0.2) is 0 Å². The first-order valence-corrected chi connectivity index (χ1v) is 7.65. The van der Waals surface area contributed by atoms with Crippen LogP contribution in [-0.2, 0) is 4.79 Å². The van der Waals surface area contributed by atoms with Crippen molar-refractivity contribution >= 4 is 12.0 Å². The molecule has 1 saturated heterocycles. The molecule has 20 heavy (non-hydrogen) atoms. The van der Waals surface area contributed by atoms with Crippen molar-refractivity contribution in [2.75, 3.05) is 26.2 Å². The van der Waals surface area contributed by atoms with Crippen molar-refractivity contribution in [1.29, 1.82) is 0 Å². The Morgan fingerprint density at radius 3 is 2.35 bits per heavy atom. The maximum Gasteiger partial charge on any atom is 0.329 e. The van der Waals surface area contributed by atoms with Crippen molar-refractivity contribution in [2.24, 2.45) is 0 Å². The summed E-state index contributed by atoms with van der Waals surface area (Å²) in [7, 11) is 0. The number of carbonyl (C=O) groups excluding carboxylic acids is 1. The van der Waals surface area contributed by atoms with E-state index in [2.05, 4.69) is 10.6 Å². The van der Waals surface area contributed by atoms with Gasteiger partial charge in [0.1, 0.15) is 5.54 Å². The monoisotopic (exact) mass is 283 g/mol. The van der Waals surface area contributed by atoms with Crippen molar-refractivity contribution in [3.05, 3.63) is 0 Å². The summed E-state index contributed by atoms with van der Waals surface area (Å²) in [5.41, 5.74) is -1.06. The van der Waals surface area contributed by atoms with Gasteiger partial charge in [0, 0.05) is 19.6 Å². The van der Waals surface area contributed by atoms with Crippen LogP contribution in [-0.4, -0.2) is 53.7 Å². The molecule has 0 unspecified atom stereocenters. The fourth-order valence-electron chi connectivity index (χ4n) is 3.06. The third-order valence-corrected chi connectivity index (χ3v) is 4.34. The molecule has 2 fully saturated rings. The molecule has 1 heterocycles. The Morgan fingerprint density at radius 1 is 1.00 bits per heavy atom. The zero-order valence-corrected chi connectivity index (χ0v) is 12.0. The lowest BCUT2D eigenvalue weighted by atomic mass is 9.90. The molecule has 0 aromatic rings. The molecule has 3 N–H and O–H groups in total. The fourth-order valence-corrected chi connectivity index (χ4v) is 3.06. The topological polar surface area (TPSA) is 81.7 Å². The van der Waals surface area contributed by atoms with Crippen LogP contribution < -0.4 is 10.6 Å². The minimum absolute atomic E-state index is 0.224. The lowest BCUT2D eigenvalue weighted by Crippen LogP contribution is -2.58. The Kier molecular flexibility index (Phi) is 5.23. The van der Waals surface area contributed by atoms with Crippen LogP contribution in [0, 0.1) is 0 Å². The predicted octanol–water partition coefficient (Wildman–Crippen LogP) is 1.17. The number of carboxylic acids is 1. The molecule has 6 nitrogen and oxygen atoms in total. The number of carbonyl (C=O) groups is 2. The van der Waals surface area contributed by atoms with Crippen molar-refractivity contribution in [2.45, 2.75) is 50.5 Å². The van der Waals surface area contributed by atoms with Gasteiger partial charge in [-0.2, -0.15) is 0 Å². The van der Waals surface area contributed by atoms with Crippen LogP contribution in [0.25, 0.3) is 0 Å². The van der Waals surface area contributed by atoms with E-state index < -0.39 is 11.5 Å². The van der Waals surface area contributed by atoms with Crippen LogP contribution in [0.15, 0.2) is 0 Å². The Bertz CT molecular complexity index is 344. The van der Waals surface area contributed by atoms with Crippen molar-refractivity contribution in [3.8, 4) is 0 Å². The quantitative estimate of drug-likeness (QED) is 0.664. The Hall–Kier alpha value is -1.30. The Labute approximate surface area is 119 Å². The molecule has 0 aromatic carbocycles. The van der Waals surface area contributed by atoms with E-state index in [0.717, 1.165) is 45.2 Å². The van der Waals surface area contributed by atoms with Gasteiger partial charge in [-0.15, -0.1) is 0 Å². The first kappa shape index (κ1) is 15.1. The molecule has 2 rings (SSSR count). The zero-order chi connectivity index (χ0) is 14.4. The van der Waals surface area contributed by atoms with E-state index in [1.807, 2.05) is 0 Å². The molecule has 0 radical (unpaired) electrons. The summed E-state index contributed by atoms with van der Waals surface area (Å²) in [4.78, 5) is 25.8. The second-order valence-corrected chi connectivity index (χ2v) is 5.82. The summed E-state index contributed by atoms with van der Waals surface area (Å²) in [6.45, 7) is 3.01. The predicted molar refractivity (Wildman–Crippen MR) is 75.7 cm³/mol. The molecule has 0 atom stereocenters. The molecule has 0 bridgehead atoms. The summed E-state index contributed by atoms with van der Waals surface area (Å²) in [6, 6.07) is -0.224. The van der Waals surface area contributed by atoms with E-state index in [9.17, 15) is 14.7 Å². The van der Waals surface area contributed by atoms with Gasteiger partial charge in [-0.25, -0.2) is 9.59 Å². The number of carboxylic acid groups (broad SMARTS) is 1. The summed E-state index contributed by atoms with van der Waals surface area (Å²) in [5, 5.41) is 15.6. The molecule has 1 aliphatic heterocycles. The highest BCUT2D eigenvalue weighted by molar-refractivity contribution is 5.86. The van der Waals surface area contributed by atoms with E-state index in [4.69, 9.17) is 0 Å². The van der Waals surface area contributed by atoms with Gasteiger partial charge in [0.05, 0.1) is 0 Å². The average molecular weight is 283 g/mol. The number of urea groups is 1. The summed E-state index contributed by atoms with van der Waals surface area (Å²) in [6.07, 6.45) is 5.84. The molecule has 2 aliphatic rings. The smallest absolute Gasteiger partial charge is 0.329 e. The van der Waals surface area contributed by atoms with E-state index >= 15 is 0 Å². The first-order valence-electron chi connectivity index (χ1n) is 7.65. The standard InChI is InChI=1S/C14H25N3O3/c18-12(19)14(6-3-1-2-4-7-14)16-13(20)17-10-5-8-15-9-11-17/h15H,1-11H2,(H,16,20)(H,18,19).